The van der Waals surface area contributed by atoms with E-state index in [0.717, 1.165) is 11.1 Å². The number of ketones is 1. The van der Waals surface area contributed by atoms with E-state index in [1.54, 1.807) is 43.3 Å². The third-order valence-corrected chi connectivity index (χ3v) is 3.60. The predicted molar refractivity (Wildman–Crippen MR) is 92.3 cm³/mol. The lowest BCUT2D eigenvalue weighted by Crippen LogP contribution is -2.00. The highest BCUT2D eigenvalue weighted by Crippen LogP contribution is 2.38. The number of aryl methyl sites for hydroxylation is 1. The molecule has 0 amide bonds. The van der Waals surface area contributed by atoms with Crippen LogP contribution in [0.3, 0.4) is 0 Å². The van der Waals surface area contributed by atoms with Crippen molar-refractivity contribution in [3.8, 4) is 23.0 Å². The van der Waals surface area contributed by atoms with Crippen LogP contribution in [0, 0.1) is 6.92 Å². The van der Waals surface area contributed by atoms with E-state index in [1.165, 1.54) is 27.4 Å². The molecule has 0 atom stereocenters. The van der Waals surface area contributed by atoms with Gasteiger partial charge in [-0.15, -0.1) is 0 Å². The van der Waals surface area contributed by atoms with Gasteiger partial charge in [-0.3, -0.25) is 4.79 Å². The molecule has 0 aliphatic heterocycles. The van der Waals surface area contributed by atoms with Crippen LogP contribution in [-0.2, 0) is 0 Å². The highest BCUT2D eigenvalue weighted by Gasteiger charge is 2.15. The second-order valence-electron chi connectivity index (χ2n) is 5.16. The van der Waals surface area contributed by atoms with Gasteiger partial charge in [-0.1, -0.05) is 12.1 Å². The Morgan fingerprint density at radius 3 is 2.12 bits per heavy atom. The highest BCUT2D eigenvalue weighted by atomic mass is 16.5. The number of phenols is 1. The Labute approximate surface area is 141 Å². The fraction of sp³-hybridized carbons (Fsp3) is 0.211. The lowest BCUT2D eigenvalue weighted by molar-refractivity contribution is 0.104. The van der Waals surface area contributed by atoms with Gasteiger partial charge in [0, 0.05) is 5.56 Å². The van der Waals surface area contributed by atoms with Crippen molar-refractivity contribution in [2.75, 3.05) is 21.3 Å². The monoisotopic (exact) mass is 328 g/mol. The largest absolute Gasteiger partial charge is 0.508 e. The van der Waals surface area contributed by atoms with Crippen molar-refractivity contribution in [3.05, 3.63) is 53.1 Å². The van der Waals surface area contributed by atoms with Gasteiger partial charge in [0.1, 0.15) is 5.75 Å². The quantitative estimate of drug-likeness (QED) is 0.648. The van der Waals surface area contributed by atoms with Gasteiger partial charge in [0.2, 0.25) is 5.75 Å². The summed E-state index contributed by atoms with van der Waals surface area (Å²) in [7, 11) is 4.51. The molecule has 0 spiro atoms. The maximum Gasteiger partial charge on any atom is 0.203 e. The van der Waals surface area contributed by atoms with Crippen LogP contribution >= 0.6 is 0 Å². The summed E-state index contributed by atoms with van der Waals surface area (Å²) in [5.41, 5.74) is 2.00. The number of hydrogen-bond donors (Lipinski definition) is 1. The first-order valence-electron chi connectivity index (χ1n) is 7.32. The third-order valence-electron chi connectivity index (χ3n) is 3.60. The van der Waals surface area contributed by atoms with E-state index in [9.17, 15) is 9.90 Å². The van der Waals surface area contributed by atoms with Crippen molar-refractivity contribution in [1.29, 1.82) is 0 Å². The summed E-state index contributed by atoms with van der Waals surface area (Å²) in [6, 6.07) is 8.35. The molecule has 5 heteroatoms. The predicted octanol–water partition coefficient (Wildman–Crippen LogP) is 3.62. The van der Waals surface area contributed by atoms with Gasteiger partial charge in [-0.2, -0.15) is 0 Å². The minimum absolute atomic E-state index is 0.194. The van der Waals surface area contributed by atoms with Crippen LogP contribution < -0.4 is 14.2 Å². The van der Waals surface area contributed by atoms with Gasteiger partial charge < -0.3 is 19.3 Å². The van der Waals surface area contributed by atoms with Gasteiger partial charge in [-0.25, -0.2) is 0 Å². The van der Waals surface area contributed by atoms with Gasteiger partial charge in [0.05, 0.1) is 21.3 Å². The maximum absolute atomic E-state index is 12.4. The lowest BCUT2D eigenvalue weighted by Gasteiger charge is -2.13. The van der Waals surface area contributed by atoms with Gasteiger partial charge in [0.15, 0.2) is 17.3 Å². The van der Waals surface area contributed by atoms with Crippen LogP contribution in [0.4, 0.5) is 0 Å². The zero-order valence-corrected chi connectivity index (χ0v) is 14.1. The fourth-order valence-corrected chi connectivity index (χ4v) is 2.27. The number of rotatable bonds is 6. The van der Waals surface area contributed by atoms with E-state index in [0.29, 0.717) is 22.8 Å². The summed E-state index contributed by atoms with van der Waals surface area (Å²) in [5, 5.41) is 9.53. The SMILES string of the molecule is COc1cc(C(=O)/C=C/c2ccc(O)c(C)c2)cc(OC)c1OC. The number of carbonyl (C=O) groups excluding carboxylic acids is 1. The Bertz CT molecular complexity index is 752. The summed E-state index contributed by atoms with van der Waals surface area (Å²) in [4.78, 5) is 12.4. The molecular formula is C19H20O5. The molecule has 0 saturated heterocycles. The smallest absolute Gasteiger partial charge is 0.203 e. The molecule has 5 nitrogen and oxygen atoms in total. The minimum Gasteiger partial charge on any atom is -0.508 e. The van der Waals surface area contributed by atoms with E-state index in [-0.39, 0.29) is 11.5 Å². The van der Waals surface area contributed by atoms with Crippen LogP contribution in [0.2, 0.25) is 0 Å². The van der Waals surface area contributed by atoms with Gasteiger partial charge >= 0.3 is 0 Å². The fourth-order valence-electron chi connectivity index (χ4n) is 2.27. The molecule has 126 valence electrons. The molecule has 0 aliphatic rings. The topological polar surface area (TPSA) is 65.0 Å². The maximum atomic E-state index is 12.4. The van der Waals surface area contributed by atoms with E-state index < -0.39 is 0 Å². The molecule has 0 bridgehead atoms. The van der Waals surface area contributed by atoms with Crippen molar-refractivity contribution in [2.45, 2.75) is 6.92 Å². The van der Waals surface area contributed by atoms with E-state index in [2.05, 4.69) is 0 Å². The molecule has 2 rings (SSSR count). The van der Waals surface area contributed by atoms with Gasteiger partial charge in [-0.05, 0) is 48.4 Å². The molecule has 1 N–H and O–H groups in total. The average molecular weight is 328 g/mol. The normalized spacial score (nSPS) is 10.7. The molecule has 0 saturated carbocycles. The Morgan fingerprint density at radius 2 is 1.62 bits per heavy atom. The number of allylic oxidation sites excluding steroid dienone is 1. The molecule has 0 unspecified atom stereocenters. The number of benzene rings is 2. The number of ether oxygens (including phenoxy) is 3. The first-order valence-corrected chi connectivity index (χ1v) is 7.32. The Morgan fingerprint density at radius 1 is 1.00 bits per heavy atom. The van der Waals surface area contributed by atoms with Crippen LogP contribution in [0.25, 0.3) is 6.08 Å². The molecule has 2 aromatic rings. The van der Waals surface area contributed by atoms with Crippen molar-refractivity contribution in [1.82, 2.24) is 0 Å². The second kappa shape index (κ2) is 7.55. The molecule has 2 aromatic carbocycles. The summed E-state index contributed by atoms with van der Waals surface area (Å²) >= 11 is 0. The Balaban J connectivity index is 2.32. The zero-order chi connectivity index (χ0) is 17.7. The number of methoxy groups -OCH3 is 3. The Kier molecular flexibility index (Phi) is 5.47. The summed E-state index contributed by atoms with van der Waals surface area (Å²) in [6.45, 7) is 1.80. The second-order valence-corrected chi connectivity index (χ2v) is 5.16. The first-order chi connectivity index (χ1) is 11.5. The van der Waals surface area contributed by atoms with E-state index in [1.807, 2.05) is 0 Å². The number of aromatic hydroxyl groups is 1. The summed E-state index contributed by atoms with van der Waals surface area (Å²) < 4.78 is 15.7. The van der Waals surface area contributed by atoms with Crippen molar-refractivity contribution in [2.24, 2.45) is 0 Å². The van der Waals surface area contributed by atoms with Crippen LogP contribution in [0.15, 0.2) is 36.4 Å². The van der Waals surface area contributed by atoms with Crippen LogP contribution in [-0.4, -0.2) is 32.2 Å². The van der Waals surface area contributed by atoms with Crippen molar-refractivity contribution in [3.63, 3.8) is 0 Å². The first kappa shape index (κ1) is 17.4. The molecule has 0 fully saturated rings. The molecule has 0 radical (unpaired) electrons. The third kappa shape index (κ3) is 3.68. The number of hydrogen-bond acceptors (Lipinski definition) is 5. The summed E-state index contributed by atoms with van der Waals surface area (Å²) in [5.74, 6) is 1.32. The summed E-state index contributed by atoms with van der Waals surface area (Å²) in [6.07, 6.45) is 3.16. The minimum atomic E-state index is -0.194. The molecule has 0 aromatic heterocycles. The van der Waals surface area contributed by atoms with Crippen molar-refractivity contribution < 1.29 is 24.1 Å². The molecule has 24 heavy (non-hydrogen) atoms. The molecule has 0 aliphatic carbocycles. The molecule has 0 heterocycles. The van der Waals surface area contributed by atoms with E-state index in [4.69, 9.17) is 14.2 Å². The number of carbonyl (C=O) groups is 1. The van der Waals surface area contributed by atoms with Crippen molar-refractivity contribution >= 4 is 11.9 Å². The highest BCUT2D eigenvalue weighted by molar-refractivity contribution is 6.07. The van der Waals surface area contributed by atoms with Crippen LogP contribution in [0.5, 0.6) is 23.0 Å². The lowest BCUT2D eigenvalue weighted by atomic mass is 10.1. The zero-order valence-electron chi connectivity index (χ0n) is 14.1. The Hall–Kier alpha value is -2.95. The van der Waals surface area contributed by atoms with Crippen LogP contribution in [0.1, 0.15) is 21.5 Å². The number of phenolic OH excluding ortho intramolecular Hbond substituents is 1. The standard InChI is InChI=1S/C19H20O5/c1-12-9-13(5-7-15(12)20)6-8-16(21)14-10-17(22-2)19(24-4)18(11-14)23-3/h5-11,20H,1-4H3/b8-6+. The molecular weight excluding hydrogens is 308 g/mol. The van der Waals surface area contributed by atoms with Gasteiger partial charge in [0.25, 0.3) is 0 Å². The average Bonchev–Trinajstić information content (AvgIpc) is 2.60. The van der Waals surface area contributed by atoms with E-state index >= 15 is 0 Å².